The minimum Gasteiger partial charge on any atom is -0.444 e. The summed E-state index contributed by atoms with van der Waals surface area (Å²) in [7, 11) is 0. The van der Waals surface area contributed by atoms with Crippen molar-refractivity contribution < 1.29 is 18.4 Å². The predicted octanol–water partition coefficient (Wildman–Crippen LogP) is 4.07. The molecule has 2 aromatic carbocycles. The highest BCUT2D eigenvalue weighted by Crippen LogP contribution is 2.21. The first-order valence-electron chi connectivity index (χ1n) is 10.1. The molecule has 1 N–H and O–H groups in total. The van der Waals surface area contributed by atoms with Crippen LogP contribution < -0.4 is 5.32 Å². The van der Waals surface area contributed by atoms with Crippen LogP contribution in [0, 0.1) is 0 Å². The van der Waals surface area contributed by atoms with Crippen LogP contribution in [-0.4, -0.2) is 34.8 Å². The number of benzene rings is 2. The normalized spacial score (nSPS) is 14.3. The molecule has 4 rings (SSSR count). The molecule has 2 heterocycles. The van der Waals surface area contributed by atoms with Crippen LogP contribution in [0.25, 0.3) is 11.5 Å². The molecule has 31 heavy (non-hydrogen) atoms. The second kappa shape index (κ2) is 9.38. The molecule has 0 radical (unpaired) electrons. The van der Waals surface area contributed by atoms with Gasteiger partial charge in [-0.2, -0.15) is 0 Å². The average molecular weight is 419 g/mol. The molecule has 0 bridgehead atoms. The van der Waals surface area contributed by atoms with Crippen molar-refractivity contribution in [3.05, 3.63) is 89.8 Å². The first-order chi connectivity index (χ1) is 15.1. The summed E-state index contributed by atoms with van der Waals surface area (Å²) in [6, 6.07) is 15.5. The largest absolute Gasteiger partial charge is 0.444 e. The smallest absolute Gasteiger partial charge is 0.276 e. The number of hydrogen-bond acceptors (Lipinski definition) is 4. The van der Waals surface area contributed by atoms with Gasteiger partial charge in [-0.3, -0.25) is 9.59 Å². The number of nitrogens with zero attached hydrogens (tertiary/aromatic N) is 2. The van der Waals surface area contributed by atoms with Crippen molar-refractivity contribution in [2.45, 2.75) is 19.1 Å². The highest BCUT2D eigenvalue weighted by Gasteiger charge is 2.21. The van der Waals surface area contributed by atoms with E-state index in [2.05, 4.69) is 16.4 Å². The molecule has 1 aliphatic rings. The fraction of sp³-hybridized carbons (Fsp3) is 0.208. The van der Waals surface area contributed by atoms with Crippen LogP contribution in [0.15, 0.2) is 77.4 Å². The van der Waals surface area contributed by atoms with Gasteiger partial charge in [0.05, 0.1) is 0 Å². The number of oxazole rings is 1. The van der Waals surface area contributed by atoms with E-state index < -0.39 is 12.1 Å². The number of carbonyl (C=O) groups is 2. The SMILES string of the molecule is O=C(NCc1ccc(-c2nc(C(=O)N3CC=CCC3)co2)cc1)C(F)c1ccccc1. The highest BCUT2D eigenvalue weighted by atomic mass is 19.1. The van der Waals surface area contributed by atoms with Crippen molar-refractivity contribution >= 4 is 11.8 Å². The summed E-state index contributed by atoms with van der Waals surface area (Å²) in [6.07, 6.45) is 4.51. The standard InChI is InChI=1S/C24H22FN3O3/c25-21(18-7-3-1-4-8-18)22(29)26-15-17-9-11-19(12-10-17)23-27-20(16-31-23)24(30)28-13-5-2-6-14-28/h1-5,7-12,16,21H,6,13-15H2,(H,26,29). The number of carbonyl (C=O) groups excluding carboxylic acids is 2. The fourth-order valence-corrected chi connectivity index (χ4v) is 3.31. The van der Waals surface area contributed by atoms with E-state index in [1.165, 1.54) is 6.26 Å². The monoisotopic (exact) mass is 419 g/mol. The zero-order valence-corrected chi connectivity index (χ0v) is 16.8. The molecule has 158 valence electrons. The molecule has 1 atom stereocenters. The molecule has 3 aromatic rings. The van der Waals surface area contributed by atoms with E-state index in [4.69, 9.17) is 4.42 Å². The number of nitrogens with one attached hydrogen (secondary N) is 1. The number of alkyl halides is 1. The van der Waals surface area contributed by atoms with Crippen LogP contribution in [-0.2, 0) is 11.3 Å². The average Bonchev–Trinajstić information content (AvgIpc) is 3.33. The summed E-state index contributed by atoms with van der Waals surface area (Å²) in [5, 5.41) is 2.60. The summed E-state index contributed by atoms with van der Waals surface area (Å²) < 4.78 is 19.7. The van der Waals surface area contributed by atoms with Gasteiger partial charge in [-0.1, -0.05) is 54.6 Å². The van der Waals surface area contributed by atoms with Gasteiger partial charge in [-0.15, -0.1) is 0 Å². The molecule has 2 amide bonds. The lowest BCUT2D eigenvalue weighted by molar-refractivity contribution is -0.126. The van der Waals surface area contributed by atoms with E-state index in [9.17, 15) is 14.0 Å². The maximum atomic E-state index is 14.3. The minimum absolute atomic E-state index is 0.155. The van der Waals surface area contributed by atoms with Crippen LogP contribution in [0.3, 0.4) is 0 Å². The van der Waals surface area contributed by atoms with Gasteiger partial charge in [0.1, 0.15) is 6.26 Å². The molecule has 0 spiro atoms. The van der Waals surface area contributed by atoms with E-state index in [1.807, 2.05) is 6.08 Å². The Morgan fingerprint density at radius 2 is 1.87 bits per heavy atom. The summed E-state index contributed by atoms with van der Waals surface area (Å²) >= 11 is 0. The lowest BCUT2D eigenvalue weighted by atomic mass is 10.1. The molecule has 1 aromatic heterocycles. The molecular formula is C24H22FN3O3. The number of halogens is 1. The quantitative estimate of drug-likeness (QED) is 0.611. The van der Waals surface area contributed by atoms with Gasteiger partial charge >= 0.3 is 0 Å². The van der Waals surface area contributed by atoms with Crippen molar-refractivity contribution in [1.29, 1.82) is 0 Å². The lowest BCUT2D eigenvalue weighted by Crippen LogP contribution is -2.33. The van der Waals surface area contributed by atoms with Crippen molar-refractivity contribution in [2.75, 3.05) is 13.1 Å². The second-order valence-corrected chi connectivity index (χ2v) is 7.24. The Morgan fingerprint density at radius 3 is 2.58 bits per heavy atom. The first kappa shape index (κ1) is 20.5. The zero-order chi connectivity index (χ0) is 21.6. The Hall–Kier alpha value is -3.74. The van der Waals surface area contributed by atoms with Crippen molar-refractivity contribution in [3.8, 4) is 11.5 Å². The summed E-state index contributed by atoms with van der Waals surface area (Å²) in [5.41, 5.74) is 2.11. The molecule has 0 aliphatic carbocycles. The maximum Gasteiger partial charge on any atom is 0.276 e. The summed E-state index contributed by atoms with van der Waals surface area (Å²) in [4.78, 5) is 30.6. The van der Waals surface area contributed by atoms with Crippen molar-refractivity contribution in [3.63, 3.8) is 0 Å². The zero-order valence-electron chi connectivity index (χ0n) is 16.8. The fourth-order valence-electron chi connectivity index (χ4n) is 3.31. The number of aromatic nitrogens is 1. The van der Waals surface area contributed by atoms with Crippen molar-refractivity contribution in [1.82, 2.24) is 15.2 Å². The van der Waals surface area contributed by atoms with E-state index in [1.54, 1.807) is 59.5 Å². The Bertz CT molecular complexity index is 1080. The van der Waals surface area contributed by atoms with Crippen LogP contribution >= 0.6 is 0 Å². The Labute approximate surface area is 179 Å². The molecular weight excluding hydrogens is 397 g/mol. The van der Waals surface area contributed by atoms with Gasteiger partial charge in [0.25, 0.3) is 11.8 Å². The van der Waals surface area contributed by atoms with Gasteiger partial charge < -0.3 is 14.6 Å². The number of amides is 2. The van der Waals surface area contributed by atoms with Gasteiger partial charge in [0.2, 0.25) is 12.1 Å². The maximum absolute atomic E-state index is 14.3. The molecule has 6 nitrogen and oxygen atoms in total. The van der Waals surface area contributed by atoms with E-state index in [-0.39, 0.29) is 18.1 Å². The Kier molecular flexibility index (Phi) is 6.21. The first-order valence-corrected chi connectivity index (χ1v) is 10.1. The third kappa shape index (κ3) is 4.88. The van der Waals surface area contributed by atoms with Crippen molar-refractivity contribution in [2.24, 2.45) is 0 Å². The van der Waals surface area contributed by atoms with E-state index in [0.29, 0.717) is 30.1 Å². The summed E-state index contributed by atoms with van der Waals surface area (Å²) in [6.45, 7) is 1.44. The van der Waals surface area contributed by atoms with E-state index >= 15 is 0 Å². The highest BCUT2D eigenvalue weighted by molar-refractivity contribution is 5.92. The Balaban J connectivity index is 1.35. The van der Waals surface area contributed by atoms with Gasteiger partial charge in [-0.25, -0.2) is 9.37 Å². The van der Waals surface area contributed by atoms with Crippen LogP contribution in [0.1, 0.15) is 34.2 Å². The lowest BCUT2D eigenvalue weighted by Gasteiger charge is -2.21. The predicted molar refractivity (Wildman–Crippen MR) is 114 cm³/mol. The third-order valence-corrected chi connectivity index (χ3v) is 5.06. The molecule has 1 aliphatic heterocycles. The van der Waals surface area contributed by atoms with Gasteiger partial charge in [0, 0.05) is 25.2 Å². The van der Waals surface area contributed by atoms with Crippen LogP contribution in [0.4, 0.5) is 4.39 Å². The van der Waals surface area contributed by atoms with Crippen LogP contribution in [0.5, 0.6) is 0 Å². The number of rotatable bonds is 6. The van der Waals surface area contributed by atoms with Gasteiger partial charge in [-0.05, 0) is 29.7 Å². The topological polar surface area (TPSA) is 75.4 Å². The number of hydrogen-bond donors (Lipinski definition) is 1. The Morgan fingerprint density at radius 1 is 1.10 bits per heavy atom. The molecule has 0 saturated carbocycles. The third-order valence-electron chi connectivity index (χ3n) is 5.06. The second-order valence-electron chi connectivity index (χ2n) is 7.24. The van der Waals surface area contributed by atoms with Gasteiger partial charge in [0.15, 0.2) is 5.69 Å². The molecule has 7 heteroatoms. The van der Waals surface area contributed by atoms with E-state index in [0.717, 1.165) is 12.0 Å². The molecule has 1 unspecified atom stereocenters. The van der Waals surface area contributed by atoms with Crippen LogP contribution in [0.2, 0.25) is 0 Å². The molecule has 0 fully saturated rings. The summed E-state index contributed by atoms with van der Waals surface area (Å²) in [5.74, 6) is -0.490. The minimum atomic E-state index is -1.71. The molecule has 0 saturated heterocycles.